The molecule has 21 heavy (non-hydrogen) atoms. The van der Waals surface area contributed by atoms with Gasteiger partial charge < -0.3 is 4.74 Å². The highest BCUT2D eigenvalue weighted by Gasteiger charge is 2.24. The minimum Gasteiger partial charge on any atom is -0.481 e. The van der Waals surface area contributed by atoms with Crippen LogP contribution in [-0.2, 0) is 0 Å². The second-order valence-electron chi connectivity index (χ2n) is 5.15. The lowest BCUT2D eigenvalue weighted by Gasteiger charge is -2.28. The molecule has 0 N–H and O–H groups in total. The van der Waals surface area contributed by atoms with E-state index in [4.69, 9.17) is 4.74 Å². The van der Waals surface area contributed by atoms with E-state index in [0.29, 0.717) is 0 Å². The van der Waals surface area contributed by atoms with Crippen LogP contribution in [0.1, 0.15) is 18.1 Å². The number of hydrogen-bond donors (Lipinski definition) is 0. The van der Waals surface area contributed by atoms with E-state index in [1.807, 2.05) is 36.4 Å². The molecule has 1 heteroatoms. The van der Waals surface area contributed by atoms with Crippen LogP contribution >= 0.6 is 0 Å². The lowest BCUT2D eigenvalue weighted by atomic mass is 9.91. The van der Waals surface area contributed by atoms with Gasteiger partial charge in [0.2, 0.25) is 0 Å². The van der Waals surface area contributed by atoms with Crippen LogP contribution in [0.15, 0.2) is 78.9 Å². The third-order valence-electron chi connectivity index (χ3n) is 3.66. The summed E-state index contributed by atoms with van der Waals surface area (Å²) in [5.74, 6) is 0.930. The van der Waals surface area contributed by atoms with E-state index in [1.54, 1.807) is 0 Å². The molecule has 2 aromatic rings. The average Bonchev–Trinajstić information content (AvgIpc) is 2.54. The van der Waals surface area contributed by atoms with Gasteiger partial charge in [-0.05, 0) is 30.2 Å². The first-order valence-corrected chi connectivity index (χ1v) is 7.11. The highest BCUT2D eigenvalue weighted by atomic mass is 16.5. The maximum absolute atomic E-state index is 6.23. The molecule has 0 bridgehead atoms. The fourth-order valence-electron chi connectivity index (χ4n) is 2.62. The minimum atomic E-state index is -0.0692. The molecule has 0 fully saturated rings. The second kappa shape index (κ2) is 5.84. The summed E-state index contributed by atoms with van der Waals surface area (Å²) in [6, 6.07) is 18.5. The molecule has 1 heterocycles. The molecule has 1 nitrogen and oxygen atoms in total. The van der Waals surface area contributed by atoms with Gasteiger partial charge in [0.05, 0.1) is 0 Å². The van der Waals surface area contributed by atoms with Crippen LogP contribution in [0.25, 0.3) is 11.6 Å². The van der Waals surface area contributed by atoms with E-state index >= 15 is 0 Å². The van der Waals surface area contributed by atoms with E-state index in [1.165, 1.54) is 11.1 Å². The normalized spacial score (nSPS) is 17.5. The van der Waals surface area contributed by atoms with Gasteiger partial charge in [-0.15, -0.1) is 0 Å². The van der Waals surface area contributed by atoms with Gasteiger partial charge >= 0.3 is 0 Å². The van der Waals surface area contributed by atoms with E-state index in [-0.39, 0.29) is 6.10 Å². The first-order valence-electron chi connectivity index (χ1n) is 7.11. The monoisotopic (exact) mass is 274 g/mol. The standard InChI is InChI=1S/C20H18O/c1-3-9-15(2)20-18(16-10-5-4-6-11-16)14-17-12-7-8-13-19(17)21-20/h3-14,20H,1H2,2H3/b15-9+. The molecule has 0 radical (unpaired) electrons. The Morgan fingerprint density at radius 1 is 1.05 bits per heavy atom. The molecule has 0 amide bonds. The van der Waals surface area contributed by atoms with Gasteiger partial charge in [0.15, 0.2) is 0 Å². The summed E-state index contributed by atoms with van der Waals surface area (Å²) in [5, 5.41) is 0. The smallest absolute Gasteiger partial charge is 0.146 e. The van der Waals surface area contributed by atoms with E-state index in [9.17, 15) is 0 Å². The molecule has 1 aliphatic heterocycles. The van der Waals surface area contributed by atoms with Crippen molar-refractivity contribution in [3.63, 3.8) is 0 Å². The third-order valence-corrected chi connectivity index (χ3v) is 3.66. The Kier molecular flexibility index (Phi) is 3.74. The van der Waals surface area contributed by atoms with E-state index in [0.717, 1.165) is 16.9 Å². The number of benzene rings is 2. The lowest BCUT2D eigenvalue weighted by Crippen LogP contribution is -2.23. The molecule has 1 atom stereocenters. The van der Waals surface area contributed by atoms with Crippen molar-refractivity contribution in [2.24, 2.45) is 0 Å². The SMILES string of the molecule is C=C/C=C(\C)C1Oc2ccccc2C=C1c1ccccc1. The molecule has 0 aromatic heterocycles. The lowest BCUT2D eigenvalue weighted by molar-refractivity contribution is 0.289. The number of hydrogen-bond acceptors (Lipinski definition) is 1. The summed E-state index contributed by atoms with van der Waals surface area (Å²) in [6.45, 7) is 5.87. The first-order chi connectivity index (χ1) is 10.3. The van der Waals surface area contributed by atoms with Gasteiger partial charge in [0, 0.05) is 11.1 Å². The summed E-state index contributed by atoms with van der Waals surface area (Å²) in [4.78, 5) is 0. The van der Waals surface area contributed by atoms with E-state index in [2.05, 4.69) is 49.9 Å². The number of fused-ring (bicyclic) bond motifs is 1. The number of para-hydroxylation sites is 1. The second-order valence-corrected chi connectivity index (χ2v) is 5.15. The summed E-state index contributed by atoms with van der Waals surface area (Å²) < 4.78 is 6.23. The maximum Gasteiger partial charge on any atom is 0.146 e. The minimum absolute atomic E-state index is 0.0692. The Hall–Kier alpha value is -2.54. The van der Waals surface area contributed by atoms with Crippen LogP contribution in [0.2, 0.25) is 0 Å². The van der Waals surface area contributed by atoms with Crippen molar-refractivity contribution in [3.05, 3.63) is 90.0 Å². The average molecular weight is 274 g/mol. The highest BCUT2D eigenvalue weighted by molar-refractivity contribution is 5.88. The van der Waals surface area contributed by atoms with Crippen molar-refractivity contribution in [1.29, 1.82) is 0 Å². The fraction of sp³-hybridized carbons (Fsp3) is 0.100. The highest BCUT2D eigenvalue weighted by Crippen LogP contribution is 2.36. The van der Waals surface area contributed by atoms with Crippen LogP contribution in [0.4, 0.5) is 0 Å². The predicted octanol–water partition coefficient (Wildman–Crippen LogP) is 5.12. The van der Waals surface area contributed by atoms with Crippen molar-refractivity contribution in [2.45, 2.75) is 13.0 Å². The summed E-state index contributed by atoms with van der Waals surface area (Å²) in [6.07, 6.45) is 5.97. The van der Waals surface area contributed by atoms with Crippen LogP contribution in [0.5, 0.6) is 5.75 Å². The third kappa shape index (κ3) is 2.68. The van der Waals surface area contributed by atoms with Gasteiger partial charge in [0.25, 0.3) is 0 Å². The largest absolute Gasteiger partial charge is 0.481 e. The molecule has 1 unspecified atom stereocenters. The zero-order valence-electron chi connectivity index (χ0n) is 12.1. The molecule has 0 spiro atoms. The molecule has 0 saturated heterocycles. The van der Waals surface area contributed by atoms with Crippen molar-refractivity contribution in [3.8, 4) is 5.75 Å². The molecular formula is C20H18O. The fourth-order valence-corrected chi connectivity index (χ4v) is 2.62. The van der Waals surface area contributed by atoms with Gasteiger partial charge in [-0.25, -0.2) is 0 Å². The summed E-state index contributed by atoms with van der Waals surface area (Å²) in [7, 11) is 0. The van der Waals surface area contributed by atoms with Gasteiger partial charge in [-0.3, -0.25) is 0 Å². The quantitative estimate of drug-likeness (QED) is 0.706. The Balaban J connectivity index is 2.13. The Morgan fingerprint density at radius 3 is 2.52 bits per heavy atom. The molecule has 3 rings (SSSR count). The van der Waals surface area contributed by atoms with Gasteiger partial charge in [-0.2, -0.15) is 0 Å². The van der Waals surface area contributed by atoms with Crippen molar-refractivity contribution in [1.82, 2.24) is 0 Å². The van der Waals surface area contributed by atoms with Gasteiger partial charge in [-0.1, -0.05) is 67.3 Å². The molecular weight excluding hydrogens is 256 g/mol. The Bertz CT molecular complexity index is 708. The van der Waals surface area contributed by atoms with Gasteiger partial charge in [0.1, 0.15) is 11.9 Å². The predicted molar refractivity (Wildman–Crippen MR) is 89.1 cm³/mol. The van der Waals surface area contributed by atoms with Crippen LogP contribution in [-0.4, -0.2) is 6.10 Å². The topological polar surface area (TPSA) is 9.23 Å². The van der Waals surface area contributed by atoms with Crippen LogP contribution in [0, 0.1) is 0 Å². The zero-order chi connectivity index (χ0) is 14.7. The molecule has 104 valence electrons. The Morgan fingerprint density at radius 2 is 1.76 bits per heavy atom. The van der Waals surface area contributed by atoms with E-state index < -0.39 is 0 Å². The molecule has 2 aromatic carbocycles. The molecule has 0 aliphatic carbocycles. The Labute approximate surface area is 125 Å². The van der Waals surface area contributed by atoms with Crippen molar-refractivity contribution in [2.75, 3.05) is 0 Å². The number of rotatable bonds is 3. The van der Waals surface area contributed by atoms with Crippen molar-refractivity contribution < 1.29 is 4.74 Å². The van der Waals surface area contributed by atoms with Crippen LogP contribution < -0.4 is 4.74 Å². The van der Waals surface area contributed by atoms with Crippen LogP contribution in [0.3, 0.4) is 0 Å². The molecule has 1 aliphatic rings. The number of ether oxygens (including phenoxy) is 1. The van der Waals surface area contributed by atoms with Crippen molar-refractivity contribution >= 4 is 11.6 Å². The number of allylic oxidation sites excluding steroid dienone is 2. The maximum atomic E-state index is 6.23. The summed E-state index contributed by atoms with van der Waals surface area (Å²) in [5.41, 5.74) is 4.65. The zero-order valence-corrected chi connectivity index (χ0v) is 12.1. The summed E-state index contributed by atoms with van der Waals surface area (Å²) >= 11 is 0. The molecule has 0 saturated carbocycles. The first kappa shape index (κ1) is 13.4.